The molecule has 0 aliphatic heterocycles. The minimum absolute atomic E-state index is 0.145. The molecule has 19 heavy (non-hydrogen) atoms. The fourth-order valence-electron chi connectivity index (χ4n) is 1.35. The molecular formula is C13H12BrN3O2. The number of carbonyl (C=O) groups excluding carboxylic acids is 1. The molecule has 2 N–H and O–H groups in total. The molecule has 0 aliphatic carbocycles. The number of rotatable bonds is 5. The molecule has 2 rings (SSSR count). The van der Waals surface area contributed by atoms with Crippen LogP contribution in [-0.4, -0.2) is 18.7 Å². The molecule has 0 spiro atoms. The molecule has 5 nitrogen and oxygen atoms in total. The van der Waals surface area contributed by atoms with Gasteiger partial charge in [0.25, 0.3) is 5.91 Å². The van der Waals surface area contributed by atoms with Gasteiger partial charge in [0.2, 0.25) is 0 Å². The molecule has 0 unspecified atom stereocenters. The lowest BCUT2D eigenvalue weighted by Gasteiger charge is -2.05. The number of halogens is 1. The summed E-state index contributed by atoms with van der Waals surface area (Å²) in [6.07, 6.45) is 2.98. The molecule has 0 aliphatic rings. The van der Waals surface area contributed by atoms with E-state index in [2.05, 4.69) is 31.8 Å². The molecule has 0 fully saturated rings. The largest absolute Gasteiger partial charge is 0.463 e. The molecule has 1 aromatic heterocycles. The highest BCUT2D eigenvalue weighted by molar-refractivity contribution is 9.10. The summed E-state index contributed by atoms with van der Waals surface area (Å²) < 4.78 is 5.99. The van der Waals surface area contributed by atoms with Gasteiger partial charge in [0.05, 0.1) is 19.0 Å². The van der Waals surface area contributed by atoms with Crippen molar-refractivity contribution in [1.29, 1.82) is 0 Å². The third-order valence-corrected chi connectivity index (χ3v) is 2.70. The number of furan rings is 1. The number of nitrogens with one attached hydrogen (secondary N) is 2. The Hall–Kier alpha value is -2.08. The number of hydrazone groups is 1. The maximum atomic E-state index is 11.5. The number of nitrogens with zero attached hydrogens (tertiary/aromatic N) is 1. The third-order valence-electron chi connectivity index (χ3n) is 2.20. The summed E-state index contributed by atoms with van der Waals surface area (Å²) in [5.74, 6) is 0.350. The smallest absolute Gasteiger partial charge is 0.259 e. The van der Waals surface area contributed by atoms with Crippen LogP contribution in [0.4, 0.5) is 5.69 Å². The van der Waals surface area contributed by atoms with Gasteiger partial charge in [-0.05, 0) is 30.3 Å². The van der Waals surface area contributed by atoms with E-state index in [1.165, 1.54) is 12.5 Å². The number of anilines is 1. The Kier molecular flexibility index (Phi) is 4.74. The first-order chi connectivity index (χ1) is 9.24. The van der Waals surface area contributed by atoms with E-state index >= 15 is 0 Å². The summed E-state index contributed by atoms with van der Waals surface area (Å²) in [6.45, 7) is 0.145. The molecule has 0 radical (unpaired) electrons. The zero-order valence-corrected chi connectivity index (χ0v) is 11.6. The Morgan fingerprint density at radius 1 is 1.37 bits per heavy atom. The molecular weight excluding hydrogens is 310 g/mol. The van der Waals surface area contributed by atoms with E-state index in [1.54, 1.807) is 12.1 Å². The molecule has 0 bridgehead atoms. The predicted molar refractivity (Wildman–Crippen MR) is 77.1 cm³/mol. The van der Waals surface area contributed by atoms with Crippen LogP contribution in [0, 0.1) is 0 Å². The molecule has 1 heterocycles. The first kappa shape index (κ1) is 13.4. The lowest BCUT2D eigenvalue weighted by atomic mass is 10.3. The van der Waals surface area contributed by atoms with Crippen LogP contribution in [0.2, 0.25) is 0 Å². The van der Waals surface area contributed by atoms with Crippen molar-refractivity contribution >= 4 is 33.7 Å². The summed E-state index contributed by atoms with van der Waals surface area (Å²) in [7, 11) is 0. The van der Waals surface area contributed by atoms with E-state index < -0.39 is 0 Å². The van der Waals surface area contributed by atoms with Crippen molar-refractivity contribution in [2.24, 2.45) is 5.10 Å². The van der Waals surface area contributed by atoms with E-state index in [-0.39, 0.29) is 12.5 Å². The van der Waals surface area contributed by atoms with E-state index in [9.17, 15) is 4.79 Å². The topological polar surface area (TPSA) is 66.6 Å². The van der Waals surface area contributed by atoms with Gasteiger partial charge in [0, 0.05) is 10.2 Å². The maximum Gasteiger partial charge on any atom is 0.259 e. The van der Waals surface area contributed by atoms with Crippen molar-refractivity contribution in [1.82, 2.24) is 5.43 Å². The lowest BCUT2D eigenvalue weighted by molar-refractivity contribution is -0.119. The second kappa shape index (κ2) is 6.75. The van der Waals surface area contributed by atoms with Crippen molar-refractivity contribution in [3.05, 3.63) is 52.9 Å². The van der Waals surface area contributed by atoms with Crippen molar-refractivity contribution in [2.75, 3.05) is 11.9 Å². The first-order valence-electron chi connectivity index (χ1n) is 5.59. The monoisotopic (exact) mass is 321 g/mol. The van der Waals surface area contributed by atoms with Gasteiger partial charge in [0.15, 0.2) is 0 Å². The minimum Gasteiger partial charge on any atom is -0.463 e. The van der Waals surface area contributed by atoms with E-state index in [4.69, 9.17) is 4.42 Å². The molecule has 0 atom stereocenters. The van der Waals surface area contributed by atoms with Gasteiger partial charge in [-0.3, -0.25) is 4.79 Å². The minimum atomic E-state index is -0.234. The average molecular weight is 322 g/mol. The van der Waals surface area contributed by atoms with Crippen LogP contribution in [0.25, 0.3) is 0 Å². The van der Waals surface area contributed by atoms with Crippen LogP contribution in [0.5, 0.6) is 0 Å². The van der Waals surface area contributed by atoms with Gasteiger partial charge in [0.1, 0.15) is 5.76 Å². The number of hydrogen-bond donors (Lipinski definition) is 2. The van der Waals surface area contributed by atoms with Crippen molar-refractivity contribution < 1.29 is 9.21 Å². The van der Waals surface area contributed by atoms with Crippen LogP contribution in [0.1, 0.15) is 5.76 Å². The fraction of sp³-hybridized carbons (Fsp3) is 0.0769. The normalized spacial score (nSPS) is 10.6. The third kappa shape index (κ3) is 4.59. The Balaban J connectivity index is 1.76. The Morgan fingerprint density at radius 2 is 2.26 bits per heavy atom. The SMILES string of the molecule is O=C(CNc1cccc(Br)c1)N/N=C\c1ccco1. The van der Waals surface area contributed by atoms with Gasteiger partial charge in [-0.1, -0.05) is 22.0 Å². The summed E-state index contributed by atoms with van der Waals surface area (Å²) >= 11 is 3.36. The van der Waals surface area contributed by atoms with Crippen molar-refractivity contribution in [2.45, 2.75) is 0 Å². The maximum absolute atomic E-state index is 11.5. The average Bonchev–Trinajstić information content (AvgIpc) is 2.90. The zero-order chi connectivity index (χ0) is 13.5. The highest BCUT2D eigenvalue weighted by atomic mass is 79.9. The Morgan fingerprint density at radius 3 is 3.00 bits per heavy atom. The molecule has 0 saturated carbocycles. The van der Waals surface area contributed by atoms with Crippen LogP contribution in [0.3, 0.4) is 0 Å². The number of amides is 1. The molecule has 0 saturated heterocycles. The first-order valence-corrected chi connectivity index (χ1v) is 6.38. The van der Waals surface area contributed by atoms with E-state index in [1.807, 2.05) is 24.3 Å². The summed E-state index contributed by atoms with van der Waals surface area (Å²) in [5.41, 5.74) is 3.26. The van der Waals surface area contributed by atoms with Gasteiger partial charge in [-0.25, -0.2) is 5.43 Å². The highest BCUT2D eigenvalue weighted by Crippen LogP contribution is 2.15. The number of carbonyl (C=O) groups is 1. The zero-order valence-electron chi connectivity index (χ0n) is 9.97. The van der Waals surface area contributed by atoms with Gasteiger partial charge < -0.3 is 9.73 Å². The van der Waals surface area contributed by atoms with Crippen LogP contribution in [0.15, 0.2) is 56.7 Å². The quantitative estimate of drug-likeness (QED) is 0.657. The van der Waals surface area contributed by atoms with Crippen LogP contribution >= 0.6 is 15.9 Å². The summed E-state index contributed by atoms with van der Waals surface area (Å²) in [5, 5.41) is 6.77. The van der Waals surface area contributed by atoms with E-state index in [0.717, 1.165) is 10.2 Å². The van der Waals surface area contributed by atoms with Gasteiger partial charge in [-0.2, -0.15) is 5.10 Å². The molecule has 98 valence electrons. The summed E-state index contributed by atoms with van der Waals surface area (Å²) in [6, 6.07) is 11.1. The molecule has 1 amide bonds. The predicted octanol–water partition coefficient (Wildman–Crippen LogP) is 2.60. The van der Waals surface area contributed by atoms with Crippen LogP contribution in [-0.2, 0) is 4.79 Å². The number of benzene rings is 1. The second-order valence-corrected chi connectivity index (χ2v) is 4.59. The van der Waals surface area contributed by atoms with E-state index in [0.29, 0.717) is 5.76 Å². The van der Waals surface area contributed by atoms with Crippen molar-refractivity contribution in [3.8, 4) is 0 Å². The van der Waals surface area contributed by atoms with Gasteiger partial charge in [-0.15, -0.1) is 0 Å². The molecule has 6 heteroatoms. The Bertz CT molecular complexity index is 567. The fourth-order valence-corrected chi connectivity index (χ4v) is 1.75. The van der Waals surface area contributed by atoms with Crippen molar-refractivity contribution in [3.63, 3.8) is 0 Å². The molecule has 2 aromatic rings. The number of hydrogen-bond acceptors (Lipinski definition) is 4. The lowest BCUT2D eigenvalue weighted by Crippen LogP contribution is -2.25. The van der Waals surface area contributed by atoms with Crippen LogP contribution < -0.4 is 10.7 Å². The highest BCUT2D eigenvalue weighted by Gasteiger charge is 1.99. The standard InChI is InChI=1S/C13H12BrN3O2/c14-10-3-1-4-11(7-10)15-9-13(18)17-16-8-12-5-2-6-19-12/h1-8,15H,9H2,(H,17,18)/b16-8-. The Labute approximate surface area is 118 Å². The summed E-state index contributed by atoms with van der Waals surface area (Å²) in [4.78, 5) is 11.5. The second-order valence-electron chi connectivity index (χ2n) is 3.67. The van der Waals surface area contributed by atoms with Gasteiger partial charge >= 0.3 is 0 Å². The molecule has 1 aromatic carbocycles.